The van der Waals surface area contributed by atoms with E-state index in [4.69, 9.17) is 16.3 Å². The van der Waals surface area contributed by atoms with Gasteiger partial charge in [-0.1, -0.05) is 41.4 Å². The van der Waals surface area contributed by atoms with Gasteiger partial charge in [0.2, 0.25) is 0 Å². The van der Waals surface area contributed by atoms with Crippen LogP contribution in [-0.2, 0) is 6.61 Å². The van der Waals surface area contributed by atoms with E-state index in [9.17, 15) is 0 Å². The number of ether oxygens (including phenoxy) is 1. The zero-order valence-corrected chi connectivity index (χ0v) is 11.7. The number of hydrogen-bond donors (Lipinski definition) is 0. The van der Waals surface area contributed by atoms with Crippen molar-refractivity contribution in [2.24, 2.45) is 0 Å². The fourth-order valence-corrected chi connectivity index (χ4v) is 2.18. The second kappa shape index (κ2) is 5.45. The van der Waals surface area contributed by atoms with Crippen molar-refractivity contribution < 1.29 is 4.74 Å². The summed E-state index contributed by atoms with van der Waals surface area (Å²) < 4.78 is 5.81. The average Bonchev–Trinajstić information content (AvgIpc) is 2.30. The van der Waals surface area contributed by atoms with Crippen molar-refractivity contribution in [3.63, 3.8) is 0 Å². The maximum atomic E-state index is 6.18. The lowest BCUT2D eigenvalue weighted by Gasteiger charge is -2.11. The third-order valence-corrected chi connectivity index (χ3v) is 3.27. The molecule has 94 valence electrons. The monoisotopic (exact) mass is 260 g/mol. The van der Waals surface area contributed by atoms with Crippen LogP contribution in [0.5, 0.6) is 5.75 Å². The van der Waals surface area contributed by atoms with Gasteiger partial charge in [0.25, 0.3) is 0 Å². The Bertz CT molecular complexity index is 510. The highest BCUT2D eigenvalue weighted by atomic mass is 35.5. The van der Waals surface area contributed by atoms with Crippen LogP contribution in [0.4, 0.5) is 0 Å². The summed E-state index contributed by atoms with van der Waals surface area (Å²) in [6.07, 6.45) is 0. The van der Waals surface area contributed by atoms with Crippen LogP contribution in [0.15, 0.2) is 36.4 Å². The predicted octanol–water partition coefficient (Wildman–Crippen LogP) is 4.84. The predicted molar refractivity (Wildman–Crippen MR) is 76.4 cm³/mol. The van der Waals surface area contributed by atoms with E-state index in [1.54, 1.807) is 0 Å². The van der Waals surface area contributed by atoms with Gasteiger partial charge in [-0.15, -0.1) is 0 Å². The highest BCUT2D eigenvalue weighted by Gasteiger charge is 2.03. The zero-order valence-electron chi connectivity index (χ0n) is 11.0. The van der Waals surface area contributed by atoms with E-state index >= 15 is 0 Å². The molecule has 0 radical (unpaired) electrons. The summed E-state index contributed by atoms with van der Waals surface area (Å²) in [6, 6.07) is 12.2. The van der Waals surface area contributed by atoms with Crippen molar-refractivity contribution in [3.05, 3.63) is 63.7 Å². The number of aryl methyl sites for hydroxylation is 3. The van der Waals surface area contributed by atoms with E-state index in [0.29, 0.717) is 6.61 Å². The summed E-state index contributed by atoms with van der Waals surface area (Å²) in [5, 5.41) is 0.764. The number of rotatable bonds is 3. The Morgan fingerprint density at radius 1 is 0.944 bits per heavy atom. The molecular weight excluding hydrogens is 244 g/mol. The Morgan fingerprint density at radius 3 is 2.28 bits per heavy atom. The molecule has 2 aromatic carbocycles. The molecule has 0 fully saturated rings. The minimum absolute atomic E-state index is 0.503. The first-order valence-corrected chi connectivity index (χ1v) is 6.39. The average molecular weight is 261 g/mol. The Hall–Kier alpha value is -1.47. The van der Waals surface area contributed by atoms with E-state index in [1.165, 1.54) is 5.56 Å². The second-order valence-corrected chi connectivity index (χ2v) is 5.06. The highest BCUT2D eigenvalue weighted by Crippen LogP contribution is 2.23. The fourth-order valence-electron chi connectivity index (χ4n) is 1.89. The maximum absolute atomic E-state index is 6.18. The Kier molecular flexibility index (Phi) is 3.93. The summed E-state index contributed by atoms with van der Waals surface area (Å²) in [4.78, 5) is 0. The van der Waals surface area contributed by atoms with Gasteiger partial charge in [0.1, 0.15) is 12.4 Å². The van der Waals surface area contributed by atoms with Crippen molar-refractivity contribution in [2.45, 2.75) is 27.4 Å². The number of benzene rings is 2. The van der Waals surface area contributed by atoms with Crippen molar-refractivity contribution in [1.82, 2.24) is 0 Å². The van der Waals surface area contributed by atoms with E-state index in [-0.39, 0.29) is 0 Å². The van der Waals surface area contributed by atoms with Gasteiger partial charge in [-0.05, 0) is 44.0 Å². The van der Waals surface area contributed by atoms with E-state index in [2.05, 4.69) is 26.0 Å². The molecule has 0 saturated carbocycles. The topological polar surface area (TPSA) is 9.23 Å². The smallest absolute Gasteiger partial charge is 0.122 e. The van der Waals surface area contributed by atoms with E-state index in [1.807, 2.05) is 31.2 Å². The first-order chi connectivity index (χ1) is 8.56. The largest absolute Gasteiger partial charge is 0.489 e. The first-order valence-electron chi connectivity index (χ1n) is 6.01. The molecular formula is C16H17ClO. The maximum Gasteiger partial charge on any atom is 0.122 e. The van der Waals surface area contributed by atoms with Gasteiger partial charge in [0.05, 0.1) is 0 Å². The molecule has 2 aromatic rings. The van der Waals surface area contributed by atoms with E-state index in [0.717, 1.165) is 27.5 Å². The molecule has 2 rings (SSSR count). The van der Waals surface area contributed by atoms with Crippen molar-refractivity contribution >= 4 is 11.6 Å². The minimum atomic E-state index is 0.503. The molecule has 0 aliphatic carbocycles. The lowest BCUT2D eigenvalue weighted by atomic mass is 10.1. The molecule has 1 nitrogen and oxygen atoms in total. The van der Waals surface area contributed by atoms with Gasteiger partial charge in [-0.25, -0.2) is 0 Å². The molecule has 0 aliphatic heterocycles. The summed E-state index contributed by atoms with van der Waals surface area (Å²) in [7, 11) is 0. The van der Waals surface area contributed by atoms with Crippen LogP contribution in [0, 0.1) is 20.8 Å². The molecule has 0 saturated heterocycles. The molecule has 2 heteroatoms. The Balaban J connectivity index is 2.11. The van der Waals surface area contributed by atoms with Gasteiger partial charge in [-0.2, -0.15) is 0 Å². The van der Waals surface area contributed by atoms with Crippen molar-refractivity contribution in [2.75, 3.05) is 0 Å². The summed E-state index contributed by atoms with van der Waals surface area (Å²) >= 11 is 6.18. The minimum Gasteiger partial charge on any atom is -0.489 e. The summed E-state index contributed by atoms with van der Waals surface area (Å²) in [5.41, 5.74) is 4.57. The standard InChI is InChI=1S/C16H17ClO/c1-11-5-7-16(13(3)8-11)18-10-14-6-4-12(2)9-15(14)17/h4-9H,10H2,1-3H3. The molecule has 0 N–H and O–H groups in total. The van der Waals surface area contributed by atoms with Crippen LogP contribution in [0.3, 0.4) is 0 Å². The SMILES string of the molecule is Cc1ccc(OCc2ccc(C)cc2Cl)c(C)c1. The lowest BCUT2D eigenvalue weighted by molar-refractivity contribution is 0.304. The van der Waals surface area contributed by atoms with Crippen LogP contribution < -0.4 is 4.74 Å². The van der Waals surface area contributed by atoms with Gasteiger partial charge < -0.3 is 4.74 Å². The van der Waals surface area contributed by atoms with Crippen LogP contribution in [0.1, 0.15) is 22.3 Å². The van der Waals surface area contributed by atoms with Gasteiger partial charge in [0.15, 0.2) is 0 Å². The summed E-state index contributed by atoms with van der Waals surface area (Å²) in [6.45, 7) is 6.66. The van der Waals surface area contributed by atoms with Crippen molar-refractivity contribution in [3.8, 4) is 5.75 Å². The fraction of sp³-hybridized carbons (Fsp3) is 0.250. The van der Waals surface area contributed by atoms with Gasteiger partial charge >= 0.3 is 0 Å². The first kappa shape index (κ1) is 13.0. The van der Waals surface area contributed by atoms with E-state index < -0.39 is 0 Å². The molecule has 0 aliphatic rings. The van der Waals surface area contributed by atoms with Crippen LogP contribution in [0.2, 0.25) is 5.02 Å². The summed E-state index contributed by atoms with van der Waals surface area (Å²) in [5.74, 6) is 0.914. The normalized spacial score (nSPS) is 10.4. The molecule has 0 atom stereocenters. The Morgan fingerprint density at radius 2 is 1.61 bits per heavy atom. The van der Waals surface area contributed by atoms with Crippen LogP contribution in [-0.4, -0.2) is 0 Å². The zero-order chi connectivity index (χ0) is 13.1. The molecule has 0 bridgehead atoms. The number of halogens is 1. The van der Waals surface area contributed by atoms with Gasteiger partial charge in [-0.3, -0.25) is 0 Å². The molecule has 0 spiro atoms. The lowest BCUT2D eigenvalue weighted by Crippen LogP contribution is -1.98. The quantitative estimate of drug-likeness (QED) is 0.767. The molecule has 18 heavy (non-hydrogen) atoms. The second-order valence-electron chi connectivity index (χ2n) is 4.65. The van der Waals surface area contributed by atoms with Crippen LogP contribution >= 0.6 is 11.6 Å². The van der Waals surface area contributed by atoms with Gasteiger partial charge in [0, 0.05) is 10.6 Å². The molecule has 0 amide bonds. The highest BCUT2D eigenvalue weighted by molar-refractivity contribution is 6.31. The third kappa shape index (κ3) is 3.05. The molecule has 0 unspecified atom stereocenters. The number of hydrogen-bond acceptors (Lipinski definition) is 1. The molecule has 0 heterocycles. The van der Waals surface area contributed by atoms with Crippen LogP contribution in [0.25, 0.3) is 0 Å². The third-order valence-electron chi connectivity index (χ3n) is 2.92. The Labute approximate surface area is 113 Å². The molecule has 0 aromatic heterocycles. The van der Waals surface area contributed by atoms with Crippen molar-refractivity contribution in [1.29, 1.82) is 0 Å².